The molecule has 2 aromatic rings. The molecular formula is C17H20N2O3S. The largest absolute Gasteiger partial charge is 0.334 e. The maximum atomic E-state index is 12.7. The lowest BCUT2D eigenvalue weighted by molar-refractivity contribution is -0.384. The van der Waals surface area contributed by atoms with Crippen LogP contribution >= 0.6 is 11.3 Å². The van der Waals surface area contributed by atoms with Crippen LogP contribution in [0.3, 0.4) is 0 Å². The van der Waals surface area contributed by atoms with E-state index >= 15 is 0 Å². The highest BCUT2D eigenvalue weighted by Crippen LogP contribution is 2.28. The zero-order chi connectivity index (χ0) is 17.1. The monoisotopic (exact) mass is 332 g/mol. The molecule has 0 bridgehead atoms. The Balaban J connectivity index is 2.24. The quantitative estimate of drug-likeness (QED) is 0.603. The number of aryl methyl sites for hydroxylation is 2. The zero-order valence-corrected chi connectivity index (χ0v) is 14.5. The van der Waals surface area contributed by atoms with E-state index in [0.717, 1.165) is 17.5 Å². The highest BCUT2D eigenvalue weighted by atomic mass is 32.1. The number of nitro groups is 1. The zero-order valence-electron chi connectivity index (χ0n) is 13.7. The molecule has 6 heteroatoms. The van der Waals surface area contributed by atoms with Gasteiger partial charge in [0.25, 0.3) is 11.6 Å². The number of non-ortho nitro benzene ring substituents is 1. The fraction of sp³-hybridized carbons (Fsp3) is 0.353. The summed E-state index contributed by atoms with van der Waals surface area (Å²) in [5.41, 5.74) is 1.92. The molecule has 0 fully saturated rings. The van der Waals surface area contributed by atoms with Gasteiger partial charge in [0.05, 0.1) is 15.8 Å². The summed E-state index contributed by atoms with van der Waals surface area (Å²) in [5.74, 6) is -0.0585. The van der Waals surface area contributed by atoms with Crippen LogP contribution < -0.4 is 0 Å². The van der Waals surface area contributed by atoms with Gasteiger partial charge in [0.2, 0.25) is 0 Å². The predicted molar refractivity (Wildman–Crippen MR) is 92.0 cm³/mol. The minimum atomic E-state index is -0.422. The number of nitro benzene ring substituents is 1. The van der Waals surface area contributed by atoms with E-state index in [1.165, 1.54) is 28.3 Å². The van der Waals surface area contributed by atoms with Crippen LogP contribution in [0.5, 0.6) is 0 Å². The van der Waals surface area contributed by atoms with Crippen molar-refractivity contribution in [3.05, 3.63) is 61.3 Å². The van der Waals surface area contributed by atoms with E-state index in [9.17, 15) is 14.9 Å². The Morgan fingerprint density at radius 1 is 1.39 bits per heavy atom. The maximum absolute atomic E-state index is 12.7. The van der Waals surface area contributed by atoms with Crippen molar-refractivity contribution in [3.63, 3.8) is 0 Å². The first-order valence-electron chi connectivity index (χ1n) is 7.46. The number of rotatable bonds is 5. The van der Waals surface area contributed by atoms with E-state index < -0.39 is 4.92 Å². The fourth-order valence-electron chi connectivity index (χ4n) is 2.45. The van der Waals surface area contributed by atoms with E-state index in [-0.39, 0.29) is 17.6 Å². The van der Waals surface area contributed by atoms with Crippen molar-refractivity contribution in [2.45, 2.75) is 33.2 Å². The highest BCUT2D eigenvalue weighted by Gasteiger charge is 2.22. The molecule has 0 saturated heterocycles. The lowest BCUT2D eigenvalue weighted by atomic mass is 10.1. The predicted octanol–water partition coefficient (Wildman–Crippen LogP) is 4.36. The molecular weight excluding hydrogens is 312 g/mol. The number of thiophene rings is 1. The molecule has 1 heterocycles. The molecule has 0 unspecified atom stereocenters. The van der Waals surface area contributed by atoms with E-state index in [1.807, 2.05) is 19.9 Å². The molecule has 0 aliphatic heterocycles. The minimum Gasteiger partial charge on any atom is -0.334 e. The van der Waals surface area contributed by atoms with Crippen LogP contribution in [-0.2, 0) is 6.42 Å². The molecule has 0 aliphatic carbocycles. The van der Waals surface area contributed by atoms with Gasteiger partial charge in [0.15, 0.2) is 0 Å². The Bertz CT molecular complexity index is 739. The van der Waals surface area contributed by atoms with Crippen LogP contribution in [0.1, 0.15) is 45.6 Å². The van der Waals surface area contributed by atoms with E-state index in [4.69, 9.17) is 0 Å². The Morgan fingerprint density at radius 2 is 2.09 bits per heavy atom. The Kier molecular flexibility index (Phi) is 5.15. The lowest BCUT2D eigenvalue weighted by Crippen LogP contribution is -2.29. The van der Waals surface area contributed by atoms with Crippen LogP contribution in [-0.4, -0.2) is 22.8 Å². The third-order valence-electron chi connectivity index (χ3n) is 4.02. The molecule has 0 spiro atoms. The molecule has 1 amide bonds. The third-order valence-corrected chi connectivity index (χ3v) is 5.39. The first-order chi connectivity index (χ1) is 10.8. The normalized spacial score (nSPS) is 12.0. The van der Waals surface area contributed by atoms with Crippen LogP contribution in [0.2, 0.25) is 0 Å². The molecule has 2 rings (SSSR count). The second-order valence-corrected chi connectivity index (χ2v) is 6.65. The van der Waals surface area contributed by atoms with Gasteiger partial charge in [-0.05, 0) is 37.5 Å². The van der Waals surface area contributed by atoms with E-state index in [0.29, 0.717) is 4.88 Å². The lowest BCUT2D eigenvalue weighted by Gasteiger charge is -2.24. The Labute approximate surface area is 139 Å². The summed E-state index contributed by atoms with van der Waals surface area (Å²) in [6.07, 6.45) is 0.911. The summed E-state index contributed by atoms with van der Waals surface area (Å²) in [4.78, 5) is 26.7. The summed E-state index contributed by atoms with van der Waals surface area (Å²) in [5, 5.41) is 10.9. The second kappa shape index (κ2) is 6.91. The standard InChI is InChI=1S/C17H20N2O3S/c1-5-15-11(2)9-16(23-15)17(20)18(4)12(3)13-7-6-8-14(10-13)19(21)22/h6-10,12H,5H2,1-4H3/t12-/m1/s1. The SMILES string of the molecule is CCc1sc(C(=O)N(C)[C@H](C)c2cccc([N+](=O)[O-])c2)cc1C. The summed E-state index contributed by atoms with van der Waals surface area (Å²) >= 11 is 1.52. The van der Waals surface area contributed by atoms with Gasteiger partial charge in [-0.1, -0.05) is 19.1 Å². The van der Waals surface area contributed by atoms with Crippen molar-refractivity contribution in [3.8, 4) is 0 Å². The van der Waals surface area contributed by atoms with Gasteiger partial charge in [0.1, 0.15) is 0 Å². The summed E-state index contributed by atoms with van der Waals surface area (Å²) in [6.45, 7) is 5.96. The fourth-order valence-corrected chi connectivity index (χ4v) is 3.54. The van der Waals surface area contributed by atoms with Crippen molar-refractivity contribution < 1.29 is 9.72 Å². The summed E-state index contributed by atoms with van der Waals surface area (Å²) < 4.78 is 0. The average molecular weight is 332 g/mol. The van der Waals surface area contributed by atoms with Gasteiger partial charge in [-0.3, -0.25) is 14.9 Å². The van der Waals surface area contributed by atoms with Crippen LogP contribution in [0.15, 0.2) is 30.3 Å². The summed E-state index contributed by atoms with van der Waals surface area (Å²) in [6, 6.07) is 8.10. The molecule has 1 aromatic carbocycles. The second-order valence-electron chi connectivity index (χ2n) is 5.51. The van der Waals surface area contributed by atoms with Gasteiger partial charge < -0.3 is 4.90 Å². The maximum Gasteiger partial charge on any atom is 0.269 e. The Hall–Kier alpha value is -2.21. The topological polar surface area (TPSA) is 63.5 Å². The number of carbonyl (C=O) groups excluding carboxylic acids is 1. The summed E-state index contributed by atoms with van der Waals surface area (Å²) in [7, 11) is 1.73. The van der Waals surface area contributed by atoms with Gasteiger partial charge in [-0.25, -0.2) is 0 Å². The van der Waals surface area contributed by atoms with Crippen molar-refractivity contribution in [2.24, 2.45) is 0 Å². The van der Waals surface area contributed by atoms with Crippen molar-refractivity contribution >= 4 is 22.9 Å². The van der Waals surface area contributed by atoms with Gasteiger partial charge >= 0.3 is 0 Å². The molecule has 0 aliphatic rings. The highest BCUT2D eigenvalue weighted by molar-refractivity contribution is 7.14. The molecule has 0 saturated carbocycles. The van der Waals surface area contributed by atoms with E-state index in [2.05, 4.69) is 6.92 Å². The van der Waals surface area contributed by atoms with Gasteiger partial charge in [0, 0.05) is 24.1 Å². The molecule has 122 valence electrons. The van der Waals surface area contributed by atoms with Crippen LogP contribution in [0.25, 0.3) is 0 Å². The van der Waals surface area contributed by atoms with Crippen LogP contribution in [0, 0.1) is 17.0 Å². The number of hydrogen-bond donors (Lipinski definition) is 0. The first-order valence-corrected chi connectivity index (χ1v) is 8.27. The Morgan fingerprint density at radius 3 is 2.65 bits per heavy atom. The molecule has 23 heavy (non-hydrogen) atoms. The van der Waals surface area contributed by atoms with E-state index in [1.54, 1.807) is 24.1 Å². The number of hydrogen-bond acceptors (Lipinski definition) is 4. The number of amides is 1. The first kappa shape index (κ1) is 17.1. The molecule has 5 nitrogen and oxygen atoms in total. The van der Waals surface area contributed by atoms with Gasteiger partial charge in [-0.2, -0.15) is 0 Å². The molecule has 0 N–H and O–H groups in total. The number of carbonyl (C=O) groups is 1. The van der Waals surface area contributed by atoms with Crippen molar-refractivity contribution in [1.29, 1.82) is 0 Å². The van der Waals surface area contributed by atoms with Crippen molar-refractivity contribution in [1.82, 2.24) is 4.90 Å². The molecule has 1 aromatic heterocycles. The van der Waals surface area contributed by atoms with Crippen molar-refractivity contribution in [2.75, 3.05) is 7.05 Å². The molecule has 0 radical (unpaired) electrons. The minimum absolute atomic E-state index is 0.0374. The van der Waals surface area contributed by atoms with Crippen LogP contribution in [0.4, 0.5) is 5.69 Å². The third kappa shape index (κ3) is 3.59. The number of nitrogens with zero attached hydrogens (tertiary/aromatic N) is 2. The van der Waals surface area contributed by atoms with Gasteiger partial charge in [-0.15, -0.1) is 11.3 Å². The molecule has 1 atom stereocenters. The number of benzene rings is 1. The average Bonchev–Trinajstić information content (AvgIpc) is 2.93. The smallest absolute Gasteiger partial charge is 0.269 e.